The van der Waals surface area contributed by atoms with Crippen molar-refractivity contribution in [2.24, 2.45) is 0 Å². The average molecular weight is 389 g/mol. The third-order valence-electron chi connectivity index (χ3n) is 4.53. The molecule has 3 aromatic heterocycles. The summed E-state index contributed by atoms with van der Waals surface area (Å²) in [6.45, 7) is 0. The lowest BCUT2D eigenvalue weighted by Crippen LogP contribution is -2.20. The Labute approximate surface area is 164 Å². The standard InChI is InChI=1S/C22H16FN3O3/c23-15-3-1-14(2-4-15)11-17-12-19(20-13-18(27)7-10-26(17)20)21(28)22(29)25-16-5-8-24-9-6-16/h1-10,12-13,28H,11H2,(H,24,25,29)/b21-19-. The van der Waals surface area contributed by atoms with Crippen LogP contribution >= 0.6 is 0 Å². The molecule has 29 heavy (non-hydrogen) atoms. The summed E-state index contributed by atoms with van der Waals surface area (Å²) in [5.41, 5.74) is 2.25. The molecule has 2 N–H and O–H groups in total. The first-order chi connectivity index (χ1) is 14.0. The highest BCUT2D eigenvalue weighted by Gasteiger charge is 2.14. The Bertz CT molecular complexity index is 1300. The Balaban J connectivity index is 1.80. The van der Waals surface area contributed by atoms with Gasteiger partial charge < -0.3 is 14.8 Å². The monoisotopic (exact) mass is 389 g/mol. The molecule has 7 heteroatoms. The number of carbonyl (C=O) groups is 1. The third kappa shape index (κ3) is 3.84. The number of amides is 1. The van der Waals surface area contributed by atoms with Gasteiger partial charge in [0.25, 0.3) is 5.91 Å². The molecule has 0 aliphatic heterocycles. The molecule has 0 aliphatic rings. The van der Waals surface area contributed by atoms with Crippen LogP contribution in [0, 0.1) is 5.82 Å². The van der Waals surface area contributed by atoms with Crippen molar-refractivity contribution in [1.82, 2.24) is 9.38 Å². The van der Waals surface area contributed by atoms with E-state index in [0.717, 1.165) is 11.3 Å². The molecule has 4 rings (SSSR count). The number of fused-ring (bicyclic) bond motifs is 1. The second kappa shape index (κ2) is 7.55. The fraction of sp³-hybridized carbons (Fsp3) is 0.0455. The molecule has 0 aliphatic carbocycles. The molecule has 0 spiro atoms. The molecule has 3 heterocycles. The number of aliphatic hydroxyl groups excluding tert-OH is 1. The maximum atomic E-state index is 13.2. The second-order valence-electron chi connectivity index (χ2n) is 6.51. The normalized spacial score (nSPS) is 12.0. The average Bonchev–Trinajstić information content (AvgIpc) is 3.07. The van der Waals surface area contributed by atoms with Gasteiger partial charge in [-0.05, 0) is 35.9 Å². The largest absolute Gasteiger partial charge is 0.503 e. The molecule has 0 saturated heterocycles. The van der Waals surface area contributed by atoms with Gasteiger partial charge in [0.05, 0.1) is 5.52 Å². The number of rotatable bonds is 4. The van der Waals surface area contributed by atoms with Crippen molar-refractivity contribution in [3.05, 3.63) is 106 Å². The molecule has 0 atom stereocenters. The minimum Gasteiger partial charge on any atom is -0.503 e. The fourth-order valence-electron chi connectivity index (χ4n) is 3.13. The first kappa shape index (κ1) is 18.4. The zero-order valence-corrected chi connectivity index (χ0v) is 15.2. The number of benzene rings is 1. The molecule has 144 valence electrons. The van der Waals surface area contributed by atoms with E-state index in [-0.39, 0.29) is 16.5 Å². The van der Waals surface area contributed by atoms with Crippen LogP contribution in [0.1, 0.15) is 11.3 Å². The highest BCUT2D eigenvalue weighted by molar-refractivity contribution is 6.17. The number of hydrogen-bond acceptors (Lipinski definition) is 4. The molecular weight excluding hydrogens is 373 g/mol. The number of aromatic nitrogens is 2. The molecule has 6 nitrogen and oxygen atoms in total. The van der Waals surface area contributed by atoms with E-state index in [1.54, 1.807) is 40.9 Å². The number of hydrogen-bond donors (Lipinski definition) is 2. The van der Waals surface area contributed by atoms with E-state index >= 15 is 0 Å². The quantitative estimate of drug-likeness (QED) is 0.562. The fourth-order valence-corrected chi connectivity index (χ4v) is 3.13. The van der Waals surface area contributed by atoms with Gasteiger partial charge in [0.15, 0.2) is 11.2 Å². The molecule has 0 saturated carbocycles. The van der Waals surface area contributed by atoms with Crippen LogP contribution in [0.25, 0.3) is 11.3 Å². The highest BCUT2D eigenvalue weighted by atomic mass is 19.1. The van der Waals surface area contributed by atoms with Crippen LogP contribution in [0.2, 0.25) is 0 Å². The first-order valence-corrected chi connectivity index (χ1v) is 8.84. The van der Waals surface area contributed by atoms with Crippen LogP contribution in [-0.4, -0.2) is 20.4 Å². The van der Waals surface area contributed by atoms with E-state index < -0.39 is 11.7 Å². The molecule has 4 aromatic rings. The van der Waals surface area contributed by atoms with Gasteiger partial charge in [-0.15, -0.1) is 0 Å². The molecular formula is C22H16FN3O3. The summed E-state index contributed by atoms with van der Waals surface area (Å²) < 4.78 is 14.9. The van der Waals surface area contributed by atoms with Gasteiger partial charge in [0.1, 0.15) is 5.82 Å². The minimum absolute atomic E-state index is 0.242. The Kier molecular flexibility index (Phi) is 4.78. The van der Waals surface area contributed by atoms with Gasteiger partial charge in [0.2, 0.25) is 0 Å². The van der Waals surface area contributed by atoms with Crippen molar-refractivity contribution >= 4 is 22.9 Å². The van der Waals surface area contributed by atoms with Crippen molar-refractivity contribution < 1.29 is 14.3 Å². The van der Waals surface area contributed by atoms with Crippen LogP contribution < -0.4 is 16.0 Å². The maximum Gasteiger partial charge on any atom is 0.291 e. The molecule has 1 amide bonds. The Hall–Kier alpha value is -4.00. The van der Waals surface area contributed by atoms with Gasteiger partial charge in [-0.1, -0.05) is 12.1 Å². The van der Waals surface area contributed by atoms with Crippen molar-refractivity contribution in [2.45, 2.75) is 6.42 Å². The topological polar surface area (TPSA) is 83.7 Å². The van der Waals surface area contributed by atoms with E-state index in [4.69, 9.17) is 0 Å². The summed E-state index contributed by atoms with van der Waals surface area (Å²) in [5.74, 6) is -1.53. The predicted octanol–water partition coefficient (Wildman–Crippen LogP) is 2.45. The molecule has 0 unspecified atom stereocenters. The number of pyridine rings is 2. The van der Waals surface area contributed by atoms with Crippen LogP contribution in [0.5, 0.6) is 0 Å². The number of halogens is 1. The highest BCUT2D eigenvalue weighted by Crippen LogP contribution is 2.13. The maximum absolute atomic E-state index is 13.2. The predicted molar refractivity (Wildman–Crippen MR) is 107 cm³/mol. The summed E-state index contributed by atoms with van der Waals surface area (Å²) >= 11 is 0. The van der Waals surface area contributed by atoms with E-state index in [1.807, 2.05) is 0 Å². The van der Waals surface area contributed by atoms with E-state index in [2.05, 4.69) is 10.3 Å². The van der Waals surface area contributed by atoms with Gasteiger partial charge >= 0.3 is 0 Å². The zero-order chi connectivity index (χ0) is 20.4. The number of nitrogens with one attached hydrogen (secondary N) is 1. The minimum atomic E-state index is -0.701. The van der Waals surface area contributed by atoms with Gasteiger partial charge in [-0.25, -0.2) is 4.39 Å². The van der Waals surface area contributed by atoms with Crippen molar-refractivity contribution in [2.75, 3.05) is 5.32 Å². The Morgan fingerprint density at radius 1 is 1.07 bits per heavy atom. The van der Waals surface area contributed by atoms with Gasteiger partial charge in [0, 0.05) is 53.7 Å². The Morgan fingerprint density at radius 3 is 2.52 bits per heavy atom. The van der Waals surface area contributed by atoms with Crippen LogP contribution in [0.4, 0.5) is 10.1 Å². The van der Waals surface area contributed by atoms with Crippen molar-refractivity contribution in [3.63, 3.8) is 0 Å². The smallest absolute Gasteiger partial charge is 0.291 e. The van der Waals surface area contributed by atoms with Crippen LogP contribution in [-0.2, 0) is 11.2 Å². The number of carbonyl (C=O) groups excluding carboxylic acids is 1. The lowest BCUT2D eigenvalue weighted by molar-refractivity contribution is -0.112. The van der Waals surface area contributed by atoms with Crippen molar-refractivity contribution in [1.29, 1.82) is 0 Å². The first-order valence-electron chi connectivity index (χ1n) is 8.84. The van der Waals surface area contributed by atoms with E-state index in [9.17, 15) is 19.1 Å². The van der Waals surface area contributed by atoms with Crippen LogP contribution in [0.15, 0.2) is 78.0 Å². The van der Waals surface area contributed by atoms with E-state index in [0.29, 0.717) is 17.6 Å². The number of aliphatic hydroxyl groups is 1. The third-order valence-corrected chi connectivity index (χ3v) is 4.53. The number of anilines is 1. The van der Waals surface area contributed by atoms with Gasteiger partial charge in [-0.2, -0.15) is 0 Å². The molecule has 1 aromatic carbocycles. The van der Waals surface area contributed by atoms with E-state index in [1.165, 1.54) is 36.7 Å². The number of nitrogens with zero attached hydrogens (tertiary/aromatic N) is 2. The summed E-state index contributed by atoms with van der Waals surface area (Å²) in [4.78, 5) is 28.2. The molecule has 0 fully saturated rings. The zero-order valence-electron chi connectivity index (χ0n) is 15.2. The summed E-state index contributed by atoms with van der Waals surface area (Å²) in [7, 11) is 0. The summed E-state index contributed by atoms with van der Waals surface area (Å²) in [5, 5.41) is 13.4. The van der Waals surface area contributed by atoms with Crippen LogP contribution in [0.3, 0.4) is 0 Å². The second-order valence-corrected chi connectivity index (χ2v) is 6.51. The SMILES string of the molecule is O=C(Nc1ccncc1)/C(O)=c1\cc(Cc2ccc(F)cc2)n2ccc(=O)cc12. The van der Waals surface area contributed by atoms with Gasteiger partial charge in [-0.3, -0.25) is 14.6 Å². The Morgan fingerprint density at radius 2 is 1.79 bits per heavy atom. The summed E-state index contributed by atoms with van der Waals surface area (Å²) in [6, 6.07) is 13.7. The molecule has 0 radical (unpaired) electrons. The summed E-state index contributed by atoms with van der Waals surface area (Å²) in [6.07, 6.45) is 5.06. The lowest BCUT2D eigenvalue weighted by Gasteiger charge is -2.03. The van der Waals surface area contributed by atoms with Crippen molar-refractivity contribution in [3.8, 4) is 0 Å². The molecule has 0 bridgehead atoms. The lowest BCUT2D eigenvalue weighted by atomic mass is 10.1.